The summed E-state index contributed by atoms with van der Waals surface area (Å²) < 4.78 is 49.6. The molecule has 0 fully saturated rings. The van der Waals surface area contributed by atoms with Crippen LogP contribution in [0.1, 0.15) is 5.56 Å². The molecule has 84 valence electrons. The number of hydrogen-bond acceptors (Lipinski definition) is 2. The molecule has 3 nitrogen and oxygen atoms in total. The minimum Gasteiger partial charge on any atom is -0.212 e. The summed E-state index contributed by atoms with van der Waals surface area (Å²) in [5.41, 5.74) is -0.0282. The first kappa shape index (κ1) is 12.5. The molecule has 0 aliphatic heterocycles. The average Bonchev–Trinajstić information content (AvgIpc) is 2.20. The van der Waals surface area contributed by atoms with Gasteiger partial charge in [-0.1, -0.05) is 15.9 Å². The van der Waals surface area contributed by atoms with Crippen LogP contribution in [-0.4, -0.2) is 13.1 Å². The van der Waals surface area contributed by atoms with Gasteiger partial charge in [0.15, 0.2) is 0 Å². The SMILES string of the molecule is O=S(=O)(CBr)NCc1cc(F)ccc1F. The molecule has 0 atom stereocenters. The molecule has 0 saturated carbocycles. The number of hydrogen-bond donors (Lipinski definition) is 1. The zero-order valence-electron chi connectivity index (χ0n) is 7.50. The first-order valence-electron chi connectivity index (χ1n) is 3.92. The normalized spacial score (nSPS) is 11.7. The lowest BCUT2D eigenvalue weighted by Crippen LogP contribution is -2.24. The van der Waals surface area contributed by atoms with Gasteiger partial charge < -0.3 is 0 Å². The van der Waals surface area contributed by atoms with Crippen molar-refractivity contribution in [2.75, 3.05) is 4.66 Å². The van der Waals surface area contributed by atoms with Crippen molar-refractivity contribution in [3.8, 4) is 0 Å². The van der Waals surface area contributed by atoms with E-state index in [4.69, 9.17) is 0 Å². The Morgan fingerprint density at radius 1 is 1.33 bits per heavy atom. The van der Waals surface area contributed by atoms with E-state index < -0.39 is 21.7 Å². The van der Waals surface area contributed by atoms with Crippen molar-refractivity contribution in [2.45, 2.75) is 6.54 Å². The highest BCUT2D eigenvalue weighted by molar-refractivity contribution is 9.10. The second-order valence-corrected chi connectivity index (χ2v) is 5.89. The summed E-state index contributed by atoms with van der Waals surface area (Å²) in [6.45, 7) is -0.266. The lowest BCUT2D eigenvalue weighted by Gasteiger charge is -2.05. The van der Waals surface area contributed by atoms with Gasteiger partial charge in [0, 0.05) is 12.1 Å². The van der Waals surface area contributed by atoms with Gasteiger partial charge in [-0.05, 0) is 18.2 Å². The third kappa shape index (κ3) is 3.84. The van der Waals surface area contributed by atoms with Crippen molar-refractivity contribution in [1.82, 2.24) is 4.72 Å². The van der Waals surface area contributed by atoms with Crippen molar-refractivity contribution in [3.05, 3.63) is 35.4 Å². The molecule has 1 aromatic carbocycles. The number of benzene rings is 1. The van der Waals surface area contributed by atoms with Gasteiger partial charge in [-0.3, -0.25) is 0 Å². The molecule has 15 heavy (non-hydrogen) atoms. The number of alkyl halides is 1. The lowest BCUT2D eigenvalue weighted by atomic mass is 10.2. The smallest absolute Gasteiger partial charge is 0.212 e. The Hall–Kier alpha value is -0.530. The number of halogens is 3. The van der Waals surface area contributed by atoms with E-state index in [0.717, 1.165) is 18.2 Å². The minimum atomic E-state index is -3.47. The molecular weight excluding hydrogens is 292 g/mol. The van der Waals surface area contributed by atoms with E-state index in [1.807, 2.05) is 0 Å². The van der Waals surface area contributed by atoms with Crippen LogP contribution in [0, 0.1) is 11.6 Å². The molecule has 1 aromatic rings. The maximum atomic E-state index is 13.0. The van der Waals surface area contributed by atoms with Gasteiger partial charge in [0.2, 0.25) is 10.0 Å². The zero-order chi connectivity index (χ0) is 11.5. The highest BCUT2D eigenvalue weighted by Crippen LogP contribution is 2.09. The van der Waals surface area contributed by atoms with Crippen LogP contribution in [0.15, 0.2) is 18.2 Å². The fourth-order valence-corrected chi connectivity index (χ4v) is 1.84. The standard InChI is InChI=1S/C8H8BrF2NO2S/c9-5-15(13,14)12-4-6-3-7(10)1-2-8(6)11/h1-3,12H,4-5H2. The van der Waals surface area contributed by atoms with E-state index in [9.17, 15) is 17.2 Å². The van der Waals surface area contributed by atoms with E-state index >= 15 is 0 Å². The van der Waals surface area contributed by atoms with E-state index in [1.54, 1.807) is 0 Å². The number of sulfonamides is 1. The van der Waals surface area contributed by atoms with Gasteiger partial charge in [-0.25, -0.2) is 21.9 Å². The Bertz CT molecular complexity index is 450. The minimum absolute atomic E-state index is 0.0282. The summed E-state index contributed by atoms with van der Waals surface area (Å²) in [6.07, 6.45) is 0. The number of nitrogens with one attached hydrogen (secondary N) is 1. The van der Waals surface area contributed by atoms with Crippen LogP contribution in [0.25, 0.3) is 0 Å². The molecular formula is C8H8BrF2NO2S. The van der Waals surface area contributed by atoms with Crippen LogP contribution in [0.5, 0.6) is 0 Å². The molecule has 0 aliphatic rings. The van der Waals surface area contributed by atoms with Crippen molar-refractivity contribution >= 4 is 26.0 Å². The van der Waals surface area contributed by atoms with Crippen LogP contribution in [-0.2, 0) is 16.6 Å². The van der Waals surface area contributed by atoms with Gasteiger partial charge in [-0.2, -0.15) is 0 Å². The monoisotopic (exact) mass is 299 g/mol. The molecule has 0 bridgehead atoms. The summed E-state index contributed by atoms with van der Waals surface area (Å²) >= 11 is 2.76. The quantitative estimate of drug-likeness (QED) is 0.861. The molecule has 1 N–H and O–H groups in total. The van der Waals surface area contributed by atoms with Crippen LogP contribution in [0.4, 0.5) is 8.78 Å². The predicted molar refractivity (Wildman–Crippen MR) is 55.9 cm³/mol. The molecule has 0 saturated heterocycles. The molecule has 0 aromatic heterocycles. The van der Waals surface area contributed by atoms with Gasteiger partial charge in [0.25, 0.3) is 0 Å². The first-order valence-corrected chi connectivity index (χ1v) is 6.69. The van der Waals surface area contributed by atoms with Gasteiger partial charge in [-0.15, -0.1) is 0 Å². The Kier molecular flexibility index (Phi) is 4.18. The highest BCUT2D eigenvalue weighted by atomic mass is 79.9. The fraction of sp³-hybridized carbons (Fsp3) is 0.250. The van der Waals surface area contributed by atoms with Crippen LogP contribution in [0.2, 0.25) is 0 Å². The van der Waals surface area contributed by atoms with Crippen LogP contribution in [0.3, 0.4) is 0 Å². The summed E-state index contributed by atoms with van der Waals surface area (Å²) in [5, 5.41) is 0. The van der Waals surface area contributed by atoms with Gasteiger partial charge in [0.05, 0.1) is 0 Å². The second kappa shape index (κ2) is 5.00. The maximum Gasteiger partial charge on any atom is 0.221 e. The first-order chi connectivity index (χ1) is 6.94. The van der Waals surface area contributed by atoms with Gasteiger partial charge >= 0.3 is 0 Å². The largest absolute Gasteiger partial charge is 0.221 e. The van der Waals surface area contributed by atoms with Gasteiger partial charge in [0.1, 0.15) is 16.3 Å². The van der Waals surface area contributed by atoms with E-state index in [0.29, 0.717) is 0 Å². The van der Waals surface area contributed by atoms with E-state index in [-0.39, 0.29) is 16.8 Å². The Morgan fingerprint density at radius 3 is 2.60 bits per heavy atom. The Balaban J connectivity index is 2.78. The average molecular weight is 300 g/mol. The molecule has 7 heteroatoms. The fourth-order valence-electron chi connectivity index (χ4n) is 0.905. The molecule has 0 heterocycles. The predicted octanol–water partition coefficient (Wildman–Crippen LogP) is 1.74. The topological polar surface area (TPSA) is 46.2 Å². The Labute approximate surface area is 94.7 Å². The third-order valence-corrected chi connectivity index (χ3v) is 4.31. The van der Waals surface area contributed by atoms with E-state index in [2.05, 4.69) is 20.7 Å². The lowest BCUT2D eigenvalue weighted by molar-refractivity contribution is 0.570. The summed E-state index contributed by atoms with van der Waals surface area (Å²) in [7, 11) is -3.47. The summed E-state index contributed by atoms with van der Waals surface area (Å²) in [5.74, 6) is -1.25. The van der Waals surface area contributed by atoms with E-state index in [1.165, 1.54) is 0 Å². The molecule has 0 unspecified atom stereocenters. The summed E-state index contributed by atoms with van der Waals surface area (Å²) in [6, 6.07) is 2.87. The highest BCUT2D eigenvalue weighted by Gasteiger charge is 2.09. The molecule has 0 amide bonds. The second-order valence-electron chi connectivity index (χ2n) is 2.78. The van der Waals surface area contributed by atoms with Crippen molar-refractivity contribution in [3.63, 3.8) is 0 Å². The Morgan fingerprint density at radius 2 is 2.00 bits per heavy atom. The molecule has 0 aliphatic carbocycles. The van der Waals surface area contributed by atoms with Crippen molar-refractivity contribution < 1.29 is 17.2 Å². The summed E-state index contributed by atoms with van der Waals surface area (Å²) in [4.78, 5) is 0. The number of rotatable bonds is 4. The molecule has 0 spiro atoms. The molecule has 1 rings (SSSR count). The third-order valence-electron chi connectivity index (χ3n) is 1.63. The maximum absolute atomic E-state index is 13.0. The van der Waals surface area contributed by atoms with Crippen LogP contribution >= 0.6 is 15.9 Å². The van der Waals surface area contributed by atoms with Crippen molar-refractivity contribution in [2.24, 2.45) is 0 Å². The molecule has 0 radical (unpaired) electrons. The van der Waals surface area contributed by atoms with Crippen molar-refractivity contribution in [1.29, 1.82) is 0 Å². The van der Waals surface area contributed by atoms with Crippen LogP contribution < -0.4 is 4.72 Å². The zero-order valence-corrected chi connectivity index (χ0v) is 9.91.